The smallest absolute Gasteiger partial charge is 0.378 e. The van der Waals surface area contributed by atoms with Crippen LogP contribution < -0.4 is 4.90 Å². The van der Waals surface area contributed by atoms with Crippen molar-refractivity contribution in [1.29, 1.82) is 0 Å². The molecule has 0 unspecified atom stereocenters. The van der Waals surface area contributed by atoms with Crippen LogP contribution >= 0.6 is 0 Å². The topological polar surface area (TPSA) is 57.6 Å². The summed E-state index contributed by atoms with van der Waals surface area (Å²) in [6, 6.07) is 8.60. The number of hydrogen-bond acceptors (Lipinski definition) is 3. The van der Waals surface area contributed by atoms with E-state index in [-0.39, 0.29) is 16.8 Å². The predicted molar refractivity (Wildman–Crippen MR) is 99.4 cm³/mol. The monoisotopic (exact) mass is 458 g/mol. The standard InChI is InChI=1S/C13H14N.C5H5.CHF3O3S.Co/c1-14(2)13-9-7-12(8-10-13)11-5-3-4-6-11;1-2-4-5-3-1;2-1(3,4)8(5,6)7;/h3-10H,1-2H3;1-5H;(H,5,6,7);. The maximum Gasteiger partial charge on any atom is 0.522 e. The first-order valence-electron chi connectivity index (χ1n) is 7.72. The van der Waals surface area contributed by atoms with Crippen LogP contribution in [0.2, 0.25) is 0 Å². The third-order valence-electron chi connectivity index (χ3n) is 3.23. The zero-order valence-corrected chi connectivity index (χ0v) is 16.9. The molecule has 0 amide bonds. The third kappa shape index (κ3) is 10.1. The van der Waals surface area contributed by atoms with E-state index in [4.69, 9.17) is 13.0 Å². The average Bonchev–Trinajstić information content (AvgIpc) is 3.30. The Morgan fingerprint density at radius 3 is 1.46 bits per heavy atom. The molecule has 2 fully saturated rings. The largest absolute Gasteiger partial charge is 0.522 e. The Labute approximate surface area is 176 Å². The average molecular weight is 458 g/mol. The van der Waals surface area contributed by atoms with E-state index in [1.807, 2.05) is 32.1 Å². The van der Waals surface area contributed by atoms with Crippen molar-refractivity contribution >= 4 is 15.8 Å². The summed E-state index contributed by atoms with van der Waals surface area (Å²) in [5, 5.41) is 0. The number of hydrogen-bond donors (Lipinski definition) is 1. The summed E-state index contributed by atoms with van der Waals surface area (Å²) in [5.74, 6) is 1.29. The number of rotatable bonds is 2. The molecule has 11 radical (unpaired) electrons. The summed E-state index contributed by atoms with van der Waals surface area (Å²) >= 11 is 0. The molecule has 1 N–H and O–H groups in total. The van der Waals surface area contributed by atoms with E-state index in [1.165, 1.54) is 17.2 Å². The van der Waals surface area contributed by atoms with E-state index >= 15 is 0 Å². The van der Waals surface area contributed by atoms with Gasteiger partial charge in [-0.3, -0.25) is 4.55 Å². The van der Waals surface area contributed by atoms with Crippen LogP contribution in [0.25, 0.3) is 0 Å². The Bertz CT molecular complexity index is 632. The van der Waals surface area contributed by atoms with Crippen molar-refractivity contribution in [3.63, 3.8) is 0 Å². The van der Waals surface area contributed by atoms with Gasteiger partial charge in [0.25, 0.3) is 0 Å². The summed E-state index contributed by atoms with van der Waals surface area (Å²) in [6.07, 6.45) is 18.4. The van der Waals surface area contributed by atoms with E-state index in [0.29, 0.717) is 0 Å². The molecule has 0 heterocycles. The van der Waals surface area contributed by atoms with Crippen molar-refractivity contribution in [1.82, 2.24) is 0 Å². The van der Waals surface area contributed by atoms with Crippen molar-refractivity contribution < 1.29 is 42.9 Å². The maximum atomic E-state index is 10.7. The second-order valence-corrected chi connectivity index (χ2v) is 6.91. The van der Waals surface area contributed by atoms with Crippen LogP contribution in [-0.2, 0) is 26.9 Å². The number of benzene rings is 1. The van der Waals surface area contributed by atoms with Crippen molar-refractivity contribution in [2.45, 2.75) is 5.51 Å². The zero-order chi connectivity index (χ0) is 20.5. The van der Waals surface area contributed by atoms with E-state index in [2.05, 4.69) is 68.9 Å². The van der Waals surface area contributed by atoms with Crippen LogP contribution in [0, 0.1) is 63.7 Å². The third-order valence-corrected chi connectivity index (χ3v) is 3.81. The summed E-state index contributed by atoms with van der Waals surface area (Å²) in [4.78, 5) is 2.11. The summed E-state index contributed by atoms with van der Waals surface area (Å²) in [5.41, 5.74) is -3.02. The maximum absolute atomic E-state index is 10.7. The van der Waals surface area contributed by atoms with Crippen molar-refractivity contribution in [2.24, 2.45) is 0 Å². The molecule has 155 valence electrons. The van der Waals surface area contributed by atoms with Gasteiger partial charge in [0.15, 0.2) is 0 Å². The van der Waals surface area contributed by atoms with Crippen molar-refractivity contribution in [2.75, 3.05) is 19.0 Å². The molecular formula is C19H20CoF3NO3S. The summed E-state index contributed by atoms with van der Waals surface area (Å²) in [6.45, 7) is 0. The second kappa shape index (κ2) is 12.7. The van der Waals surface area contributed by atoms with Gasteiger partial charge in [-0.05, 0) is 75.5 Å². The molecule has 1 aromatic rings. The van der Waals surface area contributed by atoms with Crippen LogP contribution in [0.1, 0.15) is 5.56 Å². The fourth-order valence-electron chi connectivity index (χ4n) is 1.84. The Morgan fingerprint density at radius 2 is 1.18 bits per heavy atom. The molecule has 0 aliphatic heterocycles. The first-order chi connectivity index (χ1) is 12.5. The molecular weight excluding hydrogens is 438 g/mol. The molecule has 0 atom stereocenters. The van der Waals surface area contributed by atoms with Gasteiger partial charge in [0, 0.05) is 42.5 Å². The number of halogens is 3. The number of nitrogens with zero attached hydrogens (tertiary/aromatic N) is 1. The summed E-state index contributed by atoms with van der Waals surface area (Å²) < 4.78 is 57.5. The molecule has 0 aromatic heterocycles. The van der Waals surface area contributed by atoms with Crippen LogP contribution in [0.5, 0.6) is 0 Å². The molecule has 28 heavy (non-hydrogen) atoms. The normalized spacial score (nSPS) is 16.9. The molecule has 2 aliphatic rings. The molecule has 2 aliphatic carbocycles. The fourth-order valence-corrected chi connectivity index (χ4v) is 1.84. The van der Waals surface area contributed by atoms with Gasteiger partial charge in [0.2, 0.25) is 0 Å². The minimum absolute atomic E-state index is 0. The quantitative estimate of drug-likeness (QED) is 0.539. The molecule has 2 saturated carbocycles. The van der Waals surface area contributed by atoms with Gasteiger partial charge in [-0.15, -0.1) is 0 Å². The SMILES string of the molecule is CN(C)c1ccc([C]2[CH][CH][CH][CH]2)cc1.O=S(=O)(O)C(F)(F)F.[CH]1[CH][CH][CH][CH]1.[Co]. The van der Waals surface area contributed by atoms with Gasteiger partial charge in [-0.25, -0.2) is 0 Å². The van der Waals surface area contributed by atoms with E-state index in [1.54, 1.807) is 0 Å². The van der Waals surface area contributed by atoms with E-state index < -0.39 is 15.6 Å². The molecule has 9 heteroatoms. The Hall–Kier alpha value is -0.774. The van der Waals surface area contributed by atoms with Gasteiger partial charge < -0.3 is 4.90 Å². The first-order valence-corrected chi connectivity index (χ1v) is 9.16. The predicted octanol–water partition coefficient (Wildman–Crippen LogP) is 3.92. The molecule has 0 bridgehead atoms. The van der Waals surface area contributed by atoms with Gasteiger partial charge in [-0.1, -0.05) is 12.1 Å². The van der Waals surface area contributed by atoms with Gasteiger partial charge >= 0.3 is 15.6 Å². The molecule has 3 rings (SSSR count). The second-order valence-electron chi connectivity index (χ2n) is 5.50. The minimum Gasteiger partial charge on any atom is -0.378 e. The Morgan fingerprint density at radius 1 is 0.821 bits per heavy atom. The van der Waals surface area contributed by atoms with Crippen molar-refractivity contribution in [3.8, 4) is 0 Å². The van der Waals surface area contributed by atoms with Gasteiger partial charge in [-0.2, -0.15) is 21.6 Å². The van der Waals surface area contributed by atoms with Gasteiger partial charge in [0.05, 0.1) is 0 Å². The molecule has 0 saturated heterocycles. The number of anilines is 1. The molecule has 4 nitrogen and oxygen atoms in total. The number of alkyl halides is 3. The molecule has 0 spiro atoms. The van der Waals surface area contributed by atoms with Crippen LogP contribution in [0.3, 0.4) is 0 Å². The fraction of sp³-hybridized carbons (Fsp3) is 0.158. The summed E-state index contributed by atoms with van der Waals surface area (Å²) in [7, 11) is -1.73. The molecule has 1 aromatic carbocycles. The van der Waals surface area contributed by atoms with Crippen LogP contribution in [0.15, 0.2) is 24.3 Å². The van der Waals surface area contributed by atoms with E-state index in [9.17, 15) is 13.2 Å². The van der Waals surface area contributed by atoms with Crippen LogP contribution in [0.4, 0.5) is 18.9 Å². The van der Waals surface area contributed by atoms with E-state index in [0.717, 1.165) is 0 Å². The van der Waals surface area contributed by atoms with Crippen molar-refractivity contribution in [3.05, 3.63) is 93.5 Å². The zero-order valence-electron chi connectivity index (χ0n) is 15.1. The van der Waals surface area contributed by atoms with Gasteiger partial charge in [0.1, 0.15) is 0 Å². The Balaban J connectivity index is 0.000000442. The Kier molecular flexibility index (Phi) is 12.4. The first kappa shape index (κ1) is 27.2. The van der Waals surface area contributed by atoms with Crippen LogP contribution in [-0.4, -0.2) is 32.6 Å². The minimum atomic E-state index is -5.84.